The Hall–Kier alpha value is -2.49. The van der Waals surface area contributed by atoms with Gasteiger partial charge in [0.25, 0.3) is 0 Å². The molecule has 1 heterocycles. The van der Waals surface area contributed by atoms with Crippen LogP contribution in [0.5, 0.6) is 0 Å². The molecular formula is C17H14FNO3S. The maximum Gasteiger partial charge on any atom is 0.349 e. The Morgan fingerprint density at radius 1 is 1.26 bits per heavy atom. The predicted molar refractivity (Wildman–Crippen MR) is 86.1 cm³/mol. The highest BCUT2D eigenvalue weighted by atomic mass is 32.1. The monoisotopic (exact) mass is 331 g/mol. The summed E-state index contributed by atoms with van der Waals surface area (Å²) in [6.45, 7) is 0.373. The molecule has 2 rings (SSSR count). The first-order chi connectivity index (χ1) is 11.1. The van der Waals surface area contributed by atoms with E-state index in [4.69, 9.17) is 14.7 Å². The summed E-state index contributed by atoms with van der Waals surface area (Å²) in [5.41, 5.74) is 0.797. The van der Waals surface area contributed by atoms with Crippen LogP contribution in [0, 0.1) is 17.1 Å². The van der Waals surface area contributed by atoms with Crippen molar-refractivity contribution in [2.24, 2.45) is 0 Å². The minimum absolute atomic E-state index is 0.0754. The zero-order valence-corrected chi connectivity index (χ0v) is 13.2. The Morgan fingerprint density at radius 3 is 2.65 bits per heavy atom. The molecule has 0 aliphatic rings. The number of carbonyl (C=O) groups excluding carboxylic acids is 1. The van der Waals surface area contributed by atoms with Gasteiger partial charge in [0, 0.05) is 16.9 Å². The lowest BCUT2D eigenvalue weighted by atomic mass is 10.2. The van der Waals surface area contributed by atoms with Crippen molar-refractivity contribution in [3.8, 4) is 16.5 Å². The van der Waals surface area contributed by atoms with E-state index in [9.17, 15) is 9.18 Å². The van der Waals surface area contributed by atoms with Crippen molar-refractivity contribution in [1.82, 2.24) is 0 Å². The maximum absolute atomic E-state index is 12.9. The number of nitrogens with zero attached hydrogens (tertiary/aromatic N) is 1. The number of esters is 1. The van der Waals surface area contributed by atoms with Crippen molar-refractivity contribution in [2.75, 3.05) is 20.3 Å². The normalized spacial score (nSPS) is 11.1. The molecule has 0 saturated carbocycles. The summed E-state index contributed by atoms with van der Waals surface area (Å²) in [7, 11) is 1.50. The maximum atomic E-state index is 12.9. The molecule has 0 spiro atoms. The van der Waals surface area contributed by atoms with E-state index < -0.39 is 5.97 Å². The van der Waals surface area contributed by atoms with Gasteiger partial charge in [-0.2, -0.15) is 5.26 Å². The molecule has 23 heavy (non-hydrogen) atoms. The van der Waals surface area contributed by atoms with Crippen molar-refractivity contribution in [2.45, 2.75) is 0 Å². The van der Waals surface area contributed by atoms with E-state index in [0.29, 0.717) is 0 Å². The number of thiophene rings is 1. The largest absolute Gasteiger partial charge is 0.459 e. The quantitative estimate of drug-likeness (QED) is 0.351. The molecule has 118 valence electrons. The lowest BCUT2D eigenvalue weighted by molar-refractivity contribution is -0.139. The number of rotatable bonds is 6. The molecule has 1 aromatic heterocycles. The average molecular weight is 331 g/mol. The van der Waals surface area contributed by atoms with Gasteiger partial charge in [-0.15, -0.1) is 11.3 Å². The van der Waals surface area contributed by atoms with Crippen LogP contribution in [-0.2, 0) is 14.3 Å². The average Bonchev–Trinajstić information content (AvgIpc) is 3.02. The topological polar surface area (TPSA) is 59.3 Å². The Morgan fingerprint density at radius 2 is 2.00 bits per heavy atom. The van der Waals surface area contributed by atoms with Gasteiger partial charge in [0.2, 0.25) is 0 Å². The molecule has 0 saturated heterocycles. The predicted octanol–water partition coefficient (Wildman–Crippen LogP) is 3.65. The number of halogens is 1. The third-order valence-corrected chi connectivity index (χ3v) is 3.98. The second-order valence-corrected chi connectivity index (χ2v) is 5.62. The molecule has 0 unspecified atom stereocenters. The zero-order valence-electron chi connectivity index (χ0n) is 12.4. The molecule has 0 amide bonds. The fourth-order valence-corrected chi connectivity index (χ4v) is 2.73. The van der Waals surface area contributed by atoms with Gasteiger partial charge < -0.3 is 9.47 Å². The van der Waals surface area contributed by atoms with Crippen molar-refractivity contribution in [3.63, 3.8) is 0 Å². The van der Waals surface area contributed by atoms with Gasteiger partial charge in [-0.3, -0.25) is 0 Å². The summed E-state index contributed by atoms with van der Waals surface area (Å²) in [5, 5.41) is 9.08. The van der Waals surface area contributed by atoms with E-state index >= 15 is 0 Å². The summed E-state index contributed by atoms with van der Waals surface area (Å²) in [6, 6.07) is 11.6. The summed E-state index contributed by atoms with van der Waals surface area (Å²) >= 11 is 1.40. The third-order valence-electron chi connectivity index (χ3n) is 2.90. The van der Waals surface area contributed by atoms with E-state index in [0.717, 1.165) is 15.3 Å². The van der Waals surface area contributed by atoms with Gasteiger partial charge in [0.1, 0.15) is 24.1 Å². The second kappa shape index (κ2) is 8.22. The number of benzene rings is 1. The van der Waals surface area contributed by atoms with Gasteiger partial charge in [0.15, 0.2) is 0 Å². The fraction of sp³-hybridized carbons (Fsp3) is 0.176. The number of carbonyl (C=O) groups is 1. The molecule has 0 aliphatic heterocycles. The van der Waals surface area contributed by atoms with Gasteiger partial charge in [-0.1, -0.05) is 12.1 Å². The second-order valence-electron chi connectivity index (χ2n) is 4.51. The summed E-state index contributed by atoms with van der Waals surface area (Å²) in [4.78, 5) is 13.4. The SMILES string of the molecule is COCCOC(=O)/C(C#N)=C/c1ccc(-c2ccc(F)cc2)s1. The molecule has 0 fully saturated rings. The lowest BCUT2D eigenvalue weighted by Crippen LogP contribution is -2.10. The van der Waals surface area contributed by atoms with Crippen LogP contribution >= 0.6 is 11.3 Å². The number of ether oxygens (including phenoxy) is 2. The standard InChI is InChI=1S/C17H14FNO3S/c1-21-8-9-22-17(20)13(11-19)10-15-6-7-16(23-15)12-2-4-14(18)5-3-12/h2-7,10H,8-9H2,1H3/b13-10+. The van der Waals surface area contributed by atoms with Crippen molar-refractivity contribution in [3.05, 3.63) is 52.7 Å². The summed E-state index contributed by atoms with van der Waals surface area (Å²) < 4.78 is 22.6. The van der Waals surface area contributed by atoms with Crippen LogP contribution in [0.2, 0.25) is 0 Å². The Kier molecular flexibility index (Phi) is 6.03. The molecule has 0 bridgehead atoms. The minimum atomic E-state index is -0.679. The highest BCUT2D eigenvalue weighted by molar-refractivity contribution is 7.16. The molecule has 2 aromatic rings. The highest BCUT2D eigenvalue weighted by Crippen LogP contribution is 2.29. The Bertz CT molecular complexity index is 744. The van der Waals surface area contributed by atoms with E-state index in [2.05, 4.69) is 0 Å². The Labute approximate surface area is 137 Å². The molecule has 6 heteroatoms. The van der Waals surface area contributed by atoms with E-state index in [1.54, 1.807) is 18.2 Å². The van der Waals surface area contributed by atoms with E-state index in [-0.39, 0.29) is 24.6 Å². The highest BCUT2D eigenvalue weighted by Gasteiger charge is 2.11. The molecular weight excluding hydrogens is 317 g/mol. The number of nitriles is 1. The van der Waals surface area contributed by atoms with Crippen molar-refractivity contribution < 1.29 is 18.7 Å². The molecule has 0 aliphatic carbocycles. The first-order valence-corrected chi connectivity index (χ1v) is 7.59. The van der Waals surface area contributed by atoms with Gasteiger partial charge in [0.05, 0.1) is 6.61 Å². The van der Waals surface area contributed by atoms with Gasteiger partial charge in [-0.05, 0) is 35.9 Å². The van der Waals surface area contributed by atoms with Crippen LogP contribution in [0.4, 0.5) is 4.39 Å². The van der Waals surface area contributed by atoms with Crippen LogP contribution < -0.4 is 0 Å². The van der Waals surface area contributed by atoms with Crippen molar-refractivity contribution in [1.29, 1.82) is 5.26 Å². The van der Waals surface area contributed by atoms with Gasteiger partial charge in [-0.25, -0.2) is 9.18 Å². The number of methoxy groups -OCH3 is 1. The first kappa shape index (κ1) is 16.9. The molecule has 0 atom stereocenters. The Balaban J connectivity index is 2.13. The van der Waals surface area contributed by atoms with Crippen LogP contribution in [0.3, 0.4) is 0 Å². The summed E-state index contributed by atoms with van der Waals surface area (Å²) in [5.74, 6) is -0.975. The first-order valence-electron chi connectivity index (χ1n) is 6.77. The van der Waals surface area contributed by atoms with Crippen LogP contribution in [0.25, 0.3) is 16.5 Å². The summed E-state index contributed by atoms with van der Waals surface area (Å²) in [6.07, 6.45) is 1.48. The van der Waals surface area contributed by atoms with Crippen LogP contribution in [0.15, 0.2) is 42.0 Å². The molecule has 1 aromatic carbocycles. The smallest absolute Gasteiger partial charge is 0.349 e. The van der Waals surface area contributed by atoms with E-state index in [1.165, 1.54) is 36.7 Å². The van der Waals surface area contributed by atoms with Crippen molar-refractivity contribution >= 4 is 23.4 Å². The van der Waals surface area contributed by atoms with Crippen LogP contribution in [-0.4, -0.2) is 26.3 Å². The van der Waals surface area contributed by atoms with Crippen LogP contribution in [0.1, 0.15) is 4.88 Å². The fourth-order valence-electron chi connectivity index (χ4n) is 1.77. The molecule has 0 radical (unpaired) electrons. The minimum Gasteiger partial charge on any atom is -0.459 e. The van der Waals surface area contributed by atoms with E-state index in [1.807, 2.05) is 12.1 Å². The lowest BCUT2D eigenvalue weighted by Gasteiger charge is -2.02. The number of hydrogen-bond donors (Lipinski definition) is 0. The molecule has 4 nitrogen and oxygen atoms in total. The zero-order chi connectivity index (χ0) is 16.7. The van der Waals surface area contributed by atoms with Gasteiger partial charge >= 0.3 is 5.97 Å². The number of hydrogen-bond acceptors (Lipinski definition) is 5. The molecule has 0 N–H and O–H groups in total. The third kappa shape index (κ3) is 4.74.